The van der Waals surface area contributed by atoms with E-state index in [4.69, 9.17) is 56.8 Å². The Morgan fingerprint density at radius 3 is 0.639 bits per heavy atom. The first-order valence-electron chi connectivity index (χ1n) is 29.8. The van der Waals surface area contributed by atoms with Gasteiger partial charge in [0.1, 0.15) is 0 Å². The van der Waals surface area contributed by atoms with E-state index in [0.717, 1.165) is 154 Å². The van der Waals surface area contributed by atoms with Crippen LogP contribution in [0, 0.1) is 0 Å². The molecule has 2 unspecified atom stereocenters. The predicted molar refractivity (Wildman–Crippen MR) is 287 cm³/mol. The Kier molecular flexibility index (Phi) is 47.0. The van der Waals surface area contributed by atoms with Crippen molar-refractivity contribution >= 4 is 11.9 Å². The lowest BCUT2D eigenvalue weighted by atomic mass is 10.1. The third kappa shape index (κ3) is 35.7. The summed E-state index contributed by atoms with van der Waals surface area (Å²) in [5.41, 5.74) is 0. The lowest BCUT2D eigenvalue weighted by molar-refractivity contribution is -0.391. The molecule has 0 amide bonds. The van der Waals surface area contributed by atoms with Crippen molar-refractivity contribution in [1.82, 2.24) is 0 Å². The lowest BCUT2D eigenvalue weighted by Gasteiger charge is -2.36. The first-order chi connectivity index (χ1) is 35.0. The van der Waals surface area contributed by atoms with Gasteiger partial charge in [0.05, 0.1) is 78.9 Å². The number of rotatable bonds is 57. The normalized spacial score (nSPS) is 13.9. The second kappa shape index (κ2) is 48.0. The van der Waals surface area contributed by atoms with Gasteiger partial charge in [0.2, 0.25) is 0 Å². The number of hydrogen-bond acceptors (Lipinski definition) is 14. The molecule has 430 valence electrons. The molecule has 72 heavy (non-hydrogen) atoms. The highest BCUT2D eigenvalue weighted by Gasteiger charge is 2.42. The van der Waals surface area contributed by atoms with Crippen molar-refractivity contribution in [3.8, 4) is 0 Å². The van der Waals surface area contributed by atoms with Crippen molar-refractivity contribution in [2.75, 3.05) is 66.1 Å². The van der Waals surface area contributed by atoms with Crippen LogP contribution in [0.2, 0.25) is 0 Å². The fourth-order valence-electron chi connectivity index (χ4n) is 8.05. The summed E-state index contributed by atoms with van der Waals surface area (Å²) in [6.45, 7) is 25.1. The molecule has 0 rings (SSSR count). The number of carbonyl (C=O) groups excluding carboxylic acids is 2. The Labute approximate surface area is 441 Å². The third-order valence-corrected chi connectivity index (χ3v) is 12.3. The predicted octanol–water partition coefficient (Wildman–Crippen LogP) is 15.5. The average molecular weight is 1040 g/mol. The molecule has 0 aromatic rings. The van der Waals surface area contributed by atoms with E-state index in [1.54, 1.807) is 0 Å². The van der Waals surface area contributed by atoms with E-state index in [-0.39, 0.29) is 38.9 Å². The fraction of sp³-hybridized carbons (Fsp3) is 0.966. The molecule has 0 spiro atoms. The maximum absolute atomic E-state index is 13.9. The van der Waals surface area contributed by atoms with Crippen LogP contribution in [0.5, 0.6) is 0 Å². The maximum Gasteiger partial charge on any atom is 0.329 e. The molecule has 0 aliphatic heterocycles. The van der Waals surface area contributed by atoms with E-state index < -0.39 is 35.8 Å². The second-order valence-electron chi connectivity index (χ2n) is 19.2. The van der Waals surface area contributed by atoms with Crippen LogP contribution in [0.15, 0.2) is 0 Å². The van der Waals surface area contributed by atoms with Crippen molar-refractivity contribution in [3.63, 3.8) is 0 Å². The standard InChI is InChI=1S/C58H114O14/c1-11-21-29-45-63-55(64-46-30-22-12-2,65-47-31-23-13-3)41-37-43-57(61-19-9,69-51-35-27-17-7)71-53(59)39-40-54(60)72-58(62-20-10,70-52-36-28-18-8)44-38-42-56(66-48-32-24-14-4,67-49-33-25-15-5)68-50-34-26-16-6/h11-52H2,1-10H3. The summed E-state index contributed by atoms with van der Waals surface area (Å²) in [7, 11) is 0. The molecule has 0 aliphatic rings. The van der Waals surface area contributed by atoms with Gasteiger partial charge in [0.15, 0.2) is 0 Å². The van der Waals surface area contributed by atoms with Crippen LogP contribution in [0.25, 0.3) is 0 Å². The molecule has 0 saturated carbocycles. The van der Waals surface area contributed by atoms with Crippen LogP contribution >= 0.6 is 0 Å². The average Bonchev–Trinajstić information content (AvgIpc) is 3.37. The second-order valence-corrected chi connectivity index (χ2v) is 19.2. The molecule has 0 aromatic heterocycles. The maximum atomic E-state index is 13.9. The highest BCUT2D eigenvalue weighted by Crippen LogP contribution is 2.33. The van der Waals surface area contributed by atoms with Gasteiger partial charge in [-0.1, -0.05) is 158 Å². The molecule has 0 aromatic carbocycles. The van der Waals surface area contributed by atoms with E-state index in [9.17, 15) is 9.59 Å². The monoisotopic (exact) mass is 1030 g/mol. The Morgan fingerprint density at radius 2 is 0.444 bits per heavy atom. The van der Waals surface area contributed by atoms with Gasteiger partial charge in [-0.3, -0.25) is 9.59 Å². The Bertz CT molecular complexity index is 1060. The Hall–Kier alpha value is -1.46. The topological polar surface area (TPSA) is 145 Å². The smallest absolute Gasteiger partial charge is 0.329 e. The number of ether oxygens (including phenoxy) is 12. The van der Waals surface area contributed by atoms with Crippen LogP contribution in [-0.4, -0.2) is 102 Å². The quantitative estimate of drug-likeness (QED) is 0.0323. The minimum absolute atomic E-state index is 0.202. The molecule has 0 fully saturated rings. The summed E-state index contributed by atoms with van der Waals surface area (Å²) in [6, 6.07) is 0. The largest absolute Gasteiger partial charge is 0.408 e. The summed E-state index contributed by atoms with van der Waals surface area (Å²) in [5.74, 6) is -7.19. The van der Waals surface area contributed by atoms with Crippen molar-refractivity contribution in [3.05, 3.63) is 0 Å². The van der Waals surface area contributed by atoms with E-state index in [2.05, 4.69) is 55.4 Å². The molecule has 14 heteroatoms. The summed E-state index contributed by atoms with van der Waals surface area (Å²) in [4.78, 5) is 27.9. The number of unbranched alkanes of at least 4 members (excludes halogenated alkanes) is 16. The van der Waals surface area contributed by atoms with Gasteiger partial charge in [0, 0.05) is 25.7 Å². The molecule has 14 nitrogen and oxygen atoms in total. The van der Waals surface area contributed by atoms with E-state index in [1.165, 1.54) is 0 Å². The summed E-state index contributed by atoms with van der Waals surface area (Å²) in [5, 5.41) is 0. The van der Waals surface area contributed by atoms with Crippen LogP contribution in [-0.2, 0) is 66.4 Å². The van der Waals surface area contributed by atoms with E-state index in [1.807, 2.05) is 13.8 Å². The van der Waals surface area contributed by atoms with Gasteiger partial charge >= 0.3 is 23.9 Å². The highest BCUT2D eigenvalue weighted by atomic mass is 16.9. The first kappa shape index (κ1) is 70.5. The molecule has 0 aliphatic carbocycles. The first-order valence-corrected chi connectivity index (χ1v) is 29.8. The number of hydrogen-bond donors (Lipinski definition) is 0. The minimum atomic E-state index is -1.69. The zero-order valence-electron chi connectivity index (χ0n) is 48.4. The van der Waals surface area contributed by atoms with Crippen molar-refractivity contribution in [2.24, 2.45) is 0 Å². The van der Waals surface area contributed by atoms with Gasteiger partial charge in [-0.15, -0.1) is 0 Å². The van der Waals surface area contributed by atoms with E-state index >= 15 is 0 Å². The van der Waals surface area contributed by atoms with Crippen LogP contribution in [0.4, 0.5) is 0 Å². The molecular weight excluding hydrogens is 921 g/mol. The zero-order chi connectivity index (χ0) is 53.3. The van der Waals surface area contributed by atoms with Crippen LogP contribution in [0.3, 0.4) is 0 Å². The summed E-state index contributed by atoms with van der Waals surface area (Å²) >= 11 is 0. The summed E-state index contributed by atoms with van der Waals surface area (Å²) in [6.07, 6.45) is 25.0. The molecule has 0 saturated heterocycles. The Morgan fingerprint density at radius 1 is 0.250 bits per heavy atom. The van der Waals surface area contributed by atoms with Gasteiger partial charge in [-0.25, -0.2) is 0 Å². The van der Waals surface area contributed by atoms with Crippen molar-refractivity contribution < 1.29 is 66.4 Å². The third-order valence-electron chi connectivity index (χ3n) is 12.3. The molecule has 0 radical (unpaired) electrons. The van der Waals surface area contributed by atoms with Gasteiger partial charge < -0.3 is 56.8 Å². The Balaban J connectivity index is 6.53. The van der Waals surface area contributed by atoms with Crippen LogP contribution in [0.1, 0.15) is 275 Å². The molecule has 0 bridgehead atoms. The van der Waals surface area contributed by atoms with Gasteiger partial charge in [0.25, 0.3) is 11.9 Å². The minimum Gasteiger partial charge on any atom is -0.408 e. The molecule has 2 atom stereocenters. The SMILES string of the molecule is CCCCCOC(CCCC(OCC)(OCCCCC)OC(=O)CCC(=O)OC(CCCC(OCCCCC)(OCCCCC)OCCCCC)(OCC)OCCCCC)(OCCCCC)OCCCCC. The van der Waals surface area contributed by atoms with Crippen molar-refractivity contribution in [2.45, 2.75) is 299 Å². The molecule has 0 heterocycles. The summed E-state index contributed by atoms with van der Waals surface area (Å²) < 4.78 is 76.6. The fourth-order valence-corrected chi connectivity index (χ4v) is 8.05. The van der Waals surface area contributed by atoms with Crippen molar-refractivity contribution in [1.29, 1.82) is 0 Å². The molecule has 0 N–H and O–H groups in total. The lowest BCUT2D eigenvalue weighted by Crippen LogP contribution is -2.44. The van der Waals surface area contributed by atoms with Crippen LogP contribution < -0.4 is 0 Å². The van der Waals surface area contributed by atoms with Gasteiger partial charge in [-0.2, -0.15) is 0 Å². The molecular formula is C58H114O14. The van der Waals surface area contributed by atoms with Gasteiger partial charge in [-0.05, 0) is 78.1 Å². The highest BCUT2D eigenvalue weighted by molar-refractivity contribution is 5.77. The number of carbonyl (C=O) groups is 2. The van der Waals surface area contributed by atoms with E-state index in [0.29, 0.717) is 78.5 Å². The number of esters is 2. The zero-order valence-corrected chi connectivity index (χ0v) is 48.4.